The van der Waals surface area contributed by atoms with Crippen LogP contribution in [0.2, 0.25) is 0 Å². The number of hydrogen-bond acceptors (Lipinski definition) is 11. The summed E-state index contributed by atoms with van der Waals surface area (Å²) >= 11 is 0. The first kappa shape index (κ1) is 29.6. The van der Waals surface area contributed by atoms with Crippen molar-refractivity contribution < 1.29 is 44.2 Å². The molecular formula is C25H34N4O11. The summed E-state index contributed by atoms with van der Waals surface area (Å²) in [7, 11) is 0. The minimum atomic E-state index is -1.78. The lowest BCUT2D eigenvalue weighted by molar-refractivity contribution is -0.239. The number of nitrogens with one attached hydrogen (secondary N) is 2. The van der Waals surface area contributed by atoms with Crippen molar-refractivity contribution >= 4 is 11.8 Å². The molecule has 0 bridgehead atoms. The van der Waals surface area contributed by atoms with Gasteiger partial charge in [-0.15, -0.1) is 0 Å². The van der Waals surface area contributed by atoms with E-state index >= 15 is 0 Å². The first-order valence-corrected chi connectivity index (χ1v) is 13.0. The molecule has 8 N–H and O–H groups in total. The van der Waals surface area contributed by atoms with E-state index < -0.39 is 78.6 Å². The lowest BCUT2D eigenvalue weighted by atomic mass is 9.94. The summed E-state index contributed by atoms with van der Waals surface area (Å²) in [6.45, 7) is -0.411. The Morgan fingerprint density at radius 3 is 2.65 bits per heavy atom. The molecule has 0 unspecified atom stereocenters. The summed E-state index contributed by atoms with van der Waals surface area (Å²) in [6.07, 6.45) is -2.27. The molecule has 0 saturated carbocycles. The van der Waals surface area contributed by atoms with E-state index in [4.69, 9.17) is 19.9 Å². The van der Waals surface area contributed by atoms with Gasteiger partial charge in [-0.1, -0.05) is 11.6 Å². The zero-order valence-electron chi connectivity index (χ0n) is 21.5. The van der Waals surface area contributed by atoms with Crippen LogP contribution in [0.3, 0.4) is 0 Å². The van der Waals surface area contributed by atoms with Crippen LogP contribution in [0.1, 0.15) is 38.3 Å². The van der Waals surface area contributed by atoms with Crippen LogP contribution in [0.15, 0.2) is 45.3 Å². The Hall–Kier alpha value is -3.34. The van der Waals surface area contributed by atoms with Gasteiger partial charge in [-0.25, -0.2) is 4.79 Å². The van der Waals surface area contributed by atoms with Crippen molar-refractivity contribution in [2.24, 2.45) is 11.7 Å². The standard InChI is InChI=1S/C25H34N4O11/c26-21(35)20(19-13(11-30)17(33)23(39-19)29-9-7-16(32)28-25(29)37)40-24-18(34)14(31)10-15(38-24)22(36)27-8-6-12-4-2-1-3-5-12/h4,7,9-10,13-14,17-20,23-24,30-31,33-34H,1-3,5-6,8,11H2,(H2,26,35)(H,27,36)(H,28,32,37)/t13-,14-,17+,18-,19-,20+,23+,24+/m0/s1. The van der Waals surface area contributed by atoms with Crippen LogP contribution in [0.5, 0.6) is 0 Å². The SMILES string of the molecule is NC(=O)[C@H](O[C@H]1OC(C(=O)NCCC2=CCCCC2)=C[C@H](O)[C@@H]1O)[C@H]1O[C@@H](n2ccc(=O)[nH]c2=O)[C@H](O)[C@@H]1CO. The van der Waals surface area contributed by atoms with Crippen LogP contribution in [0.25, 0.3) is 0 Å². The number of nitrogens with zero attached hydrogens (tertiary/aromatic N) is 1. The van der Waals surface area contributed by atoms with Crippen LogP contribution >= 0.6 is 0 Å². The van der Waals surface area contributed by atoms with Crippen LogP contribution in [0, 0.1) is 5.92 Å². The molecule has 0 radical (unpaired) electrons. The lowest BCUT2D eigenvalue weighted by Gasteiger charge is -2.35. The zero-order valence-corrected chi connectivity index (χ0v) is 21.5. The number of hydrogen-bond donors (Lipinski definition) is 7. The molecule has 220 valence electrons. The molecule has 40 heavy (non-hydrogen) atoms. The molecule has 2 aliphatic heterocycles. The minimum absolute atomic E-state index is 0.316. The van der Waals surface area contributed by atoms with Gasteiger partial charge in [0.2, 0.25) is 12.2 Å². The van der Waals surface area contributed by atoms with E-state index in [9.17, 15) is 39.6 Å². The summed E-state index contributed by atoms with van der Waals surface area (Å²) < 4.78 is 17.6. The Morgan fingerprint density at radius 2 is 2.00 bits per heavy atom. The average molecular weight is 567 g/mol. The molecule has 4 rings (SSSR count). The maximum Gasteiger partial charge on any atom is 0.330 e. The molecule has 15 heteroatoms. The molecular weight excluding hydrogens is 532 g/mol. The van der Waals surface area contributed by atoms with Crippen molar-refractivity contribution in [1.82, 2.24) is 14.9 Å². The highest BCUT2D eigenvalue weighted by Gasteiger charge is 2.51. The van der Waals surface area contributed by atoms with Gasteiger partial charge in [-0.3, -0.25) is 23.9 Å². The summed E-state index contributed by atoms with van der Waals surface area (Å²) in [5.74, 6) is -3.38. The number of aliphatic hydroxyl groups is 4. The van der Waals surface area contributed by atoms with Gasteiger partial charge in [-0.05, 0) is 38.2 Å². The Bertz CT molecular complexity index is 1260. The second-order valence-electron chi connectivity index (χ2n) is 9.92. The normalized spacial score (nSPS) is 31.1. The minimum Gasteiger partial charge on any atom is -0.456 e. The van der Waals surface area contributed by atoms with Gasteiger partial charge in [0.1, 0.15) is 24.4 Å². The maximum atomic E-state index is 12.7. The number of aromatic nitrogens is 2. The number of ether oxygens (including phenoxy) is 3. The third kappa shape index (κ3) is 6.51. The molecule has 3 aliphatic rings. The largest absolute Gasteiger partial charge is 0.456 e. The second kappa shape index (κ2) is 12.9. The molecule has 1 aromatic heterocycles. The molecule has 8 atom stereocenters. The van der Waals surface area contributed by atoms with Gasteiger partial charge < -0.3 is 45.7 Å². The molecule has 1 aliphatic carbocycles. The van der Waals surface area contributed by atoms with Crippen molar-refractivity contribution in [1.29, 1.82) is 0 Å². The number of primary amides is 1. The van der Waals surface area contributed by atoms with Crippen molar-refractivity contribution in [3.05, 3.63) is 56.6 Å². The molecule has 15 nitrogen and oxygen atoms in total. The number of rotatable bonds is 10. The van der Waals surface area contributed by atoms with Gasteiger partial charge in [0, 0.05) is 24.7 Å². The Kier molecular flexibility index (Phi) is 9.55. The highest BCUT2D eigenvalue weighted by atomic mass is 16.7. The van der Waals surface area contributed by atoms with Gasteiger partial charge in [0.15, 0.2) is 18.1 Å². The smallest absolute Gasteiger partial charge is 0.330 e. The first-order valence-electron chi connectivity index (χ1n) is 13.0. The number of nitrogens with two attached hydrogens (primary N) is 1. The zero-order chi connectivity index (χ0) is 29.0. The fraction of sp³-hybridized carbons (Fsp3) is 0.600. The first-order chi connectivity index (χ1) is 19.1. The van der Waals surface area contributed by atoms with E-state index in [1.807, 2.05) is 4.98 Å². The molecule has 1 fully saturated rings. The third-order valence-electron chi connectivity index (χ3n) is 7.18. The van der Waals surface area contributed by atoms with E-state index in [0.29, 0.717) is 13.0 Å². The summed E-state index contributed by atoms with van der Waals surface area (Å²) in [5, 5.41) is 44.2. The highest BCUT2D eigenvalue weighted by Crippen LogP contribution is 2.36. The van der Waals surface area contributed by atoms with Gasteiger partial charge in [-0.2, -0.15) is 0 Å². The third-order valence-corrected chi connectivity index (χ3v) is 7.18. The maximum absolute atomic E-state index is 12.7. The highest BCUT2D eigenvalue weighted by molar-refractivity contribution is 5.91. The Balaban J connectivity index is 1.46. The number of carbonyl (C=O) groups is 2. The number of aromatic amines is 1. The van der Waals surface area contributed by atoms with Crippen LogP contribution in [0.4, 0.5) is 0 Å². The van der Waals surface area contributed by atoms with E-state index in [1.54, 1.807) is 0 Å². The Labute approximate surface area is 227 Å². The second-order valence-corrected chi connectivity index (χ2v) is 9.92. The van der Waals surface area contributed by atoms with Crippen molar-refractivity contribution in [3.8, 4) is 0 Å². The van der Waals surface area contributed by atoms with Gasteiger partial charge >= 0.3 is 5.69 Å². The van der Waals surface area contributed by atoms with Crippen LogP contribution < -0.4 is 22.3 Å². The molecule has 1 saturated heterocycles. The number of carbonyl (C=O) groups excluding carboxylic acids is 2. The van der Waals surface area contributed by atoms with E-state index in [-0.39, 0.29) is 5.76 Å². The molecule has 0 aromatic carbocycles. The monoisotopic (exact) mass is 566 g/mol. The van der Waals surface area contributed by atoms with Crippen molar-refractivity contribution in [2.75, 3.05) is 13.2 Å². The van der Waals surface area contributed by atoms with E-state index in [0.717, 1.165) is 48.6 Å². The van der Waals surface area contributed by atoms with Crippen LogP contribution in [-0.2, 0) is 23.8 Å². The molecule has 2 amide bonds. The summed E-state index contributed by atoms with van der Waals surface area (Å²) in [4.78, 5) is 50.8. The van der Waals surface area contributed by atoms with E-state index in [2.05, 4.69) is 11.4 Å². The summed E-state index contributed by atoms with van der Waals surface area (Å²) in [6, 6.07) is 1.01. The Morgan fingerprint density at radius 1 is 1.23 bits per heavy atom. The average Bonchev–Trinajstić information content (AvgIpc) is 3.24. The fourth-order valence-corrected chi connectivity index (χ4v) is 5.01. The quantitative estimate of drug-likeness (QED) is 0.143. The number of aliphatic hydroxyl groups excluding tert-OH is 4. The van der Waals surface area contributed by atoms with Gasteiger partial charge in [0.25, 0.3) is 11.5 Å². The predicted molar refractivity (Wildman–Crippen MR) is 135 cm³/mol. The molecule has 0 spiro atoms. The number of H-pyrrole nitrogens is 1. The molecule has 1 aromatic rings. The van der Waals surface area contributed by atoms with Crippen molar-refractivity contribution in [2.45, 2.75) is 75.1 Å². The fourth-order valence-electron chi connectivity index (χ4n) is 5.01. The predicted octanol–water partition coefficient (Wildman–Crippen LogP) is -2.76. The molecule has 3 heterocycles. The van der Waals surface area contributed by atoms with Gasteiger partial charge in [0.05, 0.1) is 6.61 Å². The van der Waals surface area contributed by atoms with Crippen LogP contribution in [-0.4, -0.2) is 91.8 Å². The van der Waals surface area contributed by atoms with Crippen molar-refractivity contribution in [3.63, 3.8) is 0 Å². The number of amides is 2. The summed E-state index contributed by atoms with van der Waals surface area (Å²) in [5.41, 5.74) is 5.15. The lowest BCUT2D eigenvalue weighted by Crippen LogP contribution is -2.53. The van der Waals surface area contributed by atoms with E-state index in [1.165, 1.54) is 5.57 Å². The topological polar surface area (TPSA) is 236 Å². The number of allylic oxidation sites excluding steroid dienone is 1.